The molecule has 0 saturated carbocycles. The van der Waals surface area contributed by atoms with Crippen molar-refractivity contribution in [3.63, 3.8) is 0 Å². The molecular weight excluding hydrogens is 228 g/mol. The quantitative estimate of drug-likeness (QED) is 0.536. The summed E-state index contributed by atoms with van der Waals surface area (Å²) in [7, 11) is 0. The van der Waals surface area contributed by atoms with Crippen LogP contribution in [-0.2, 0) is 6.61 Å². The summed E-state index contributed by atoms with van der Waals surface area (Å²) in [6.45, 7) is 0.493. The van der Waals surface area contributed by atoms with Crippen molar-refractivity contribution in [3.8, 4) is 5.95 Å². The predicted molar refractivity (Wildman–Crippen MR) is 67.9 cm³/mol. The second-order valence-electron chi connectivity index (χ2n) is 4.25. The molecule has 3 aromatic heterocycles. The molecule has 0 spiro atoms. The van der Waals surface area contributed by atoms with Gasteiger partial charge in [0.1, 0.15) is 29.4 Å². The average molecular weight is 238 g/mol. The Bertz CT molecular complexity index is 780. The van der Waals surface area contributed by atoms with Crippen molar-refractivity contribution in [1.82, 2.24) is 0 Å². The van der Waals surface area contributed by atoms with E-state index in [1.54, 1.807) is 6.26 Å². The van der Waals surface area contributed by atoms with Crippen LogP contribution in [0, 0.1) is 0 Å². The Hall–Kier alpha value is -2.42. The lowest BCUT2D eigenvalue weighted by molar-refractivity contribution is 0.236. The second kappa shape index (κ2) is 3.53. The first-order valence-corrected chi connectivity index (χ1v) is 5.80. The fraction of sp³-hybridized carbons (Fsp3) is 0.0667. The van der Waals surface area contributed by atoms with E-state index >= 15 is 0 Å². The third-order valence-corrected chi connectivity index (χ3v) is 3.09. The highest BCUT2D eigenvalue weighted by Crippen LogP contribution is 2.39. The largest absolute Gasteiger partial charge is 0.460 e. The first-order valence-electron chi connectivity index (χ1n) is 5.80. The van der Waals surface area contributed by atoms with E-state index < -0.39 is 0 Å². The van der Waals surface area contributed by atoms with Gasteiger partial charge in [0.2, 0.25) is 0 Å². The van der Waals surface area contributed by atoms with Crippen LogP contribution < -0.4 is 4.74 Å². The van der Waals surface area contributed by atoms with Gasteiger partial charge >= 0.3 is 0 Å². The summed E-state index contributed by atoms with van der Waals surface area (Å²) in [6.07, 6.45) is 1.68. The summed E-state index contributed by atoms with van der Waals surface area (Å²) < 4.78 is 16.7. The minimum atomic E-state index is 0.493. The molecule has 2 bridgehead atoms. The van der Waals surface area contributed by atoms with Gasteiger partial charge in [0.25, 0.3) is 5.95 Å². The molecule has 0 saturated heterocycles. The third-order valence-electron chi connectivity index (χ3n) is 3.09. The van der Waals surface area contributed by atoms with Crippen molar-refractivity contribution in [1.29, 1.82) is 0 Å². The van der Waals surface area contributed by atoms with Gasteiger partial charge in [0.15, 0.2) is 0 Å². The lowest BCUT2D eigenvalue weighted by atomic mass is 10.2. The van der Waals surface area contributed by atoms with Gasteiger partial charge in [-0.2, -0.15) is 0 Å². The Labute approximate surface area is 103 Å². The molecule has 0 radical (unpaired) electrons. The summed E-state index contributed by atoms with van der Waals surface area (Å²) in [4.78, 5) is 0. The summed E-state index contributed by atoms with van der Waals surface area (Å²) in [5.41, 5.74) is 2.77. The molecule has 0 aliphatic heterocycles. The first-order chi connectivity index (χ1) is 8.92. The van der Waals surface area contributed by atoms with Crippen molar-refractivity contribution in [3.05, 3.63) is 54.3 Å². The second-order valence-corrected chi connectivity index (χ2v) is 4.25. The lowest BCUT2D eigenvalue weighted by Gasteiger charge is -2.02. The van der Waals surface area contributed by atoms with Gasteiger partial charge in [-0.3, -0.25) is 0 Å². The van der Waals surface area contributed by atoms with Crippen LogP contribution in [0.2, 0.25) is 0 Å². The average Bonchev–Trinajstić information content (AvgIpc) is 3.11. The topological polar surface area (TPSA) is 35.5 Å². The van der Waals surface area contributed by atoms with Crippen molar-refractivity contribution in [2.45, 2.75) is 6.61 Å². The maximum absolute atomic E-state index is 5.71. The summed E-state index contributed by atoms with van der Waals surface area (Å²) in [5.74, 6) is 0.531. The number of rotatable bonds is 3. The van der Waals surface area contributed by atoms with Gasteiger partial charge in [0.05, 0.1) is 5.39 Å². The summed E-state index contributed by atoms with van der Waals surface area (Å²) >= 11 is 0. The van der Waals surface area contributed by atoms with E-state index in [-0.39, 0.29) is 0 Å². The third kappa shape index (κ3) is 1.31. The van der Waals surface area contributed by atoms with Crippen LogP contribution in [0.5, 0.6) is 5.95 Å². The SMILES string of the molecule is c1ccc(COc2occ3c4ccc(o4)c23)cc1. The Morgan fingerprint density at radius 3 is 2.67 bits per heavy atom. The van der Waals surface area contributed by atoms with Crippen molar-refractivity contribution < 1.29 is 13.6 Å². The van der Waals surface area contributed by atoms with E-state index in [0.29, 0.717) is 12.6 Å². The zero-order valence-corrected chi connectivity index (χ0v) is 9.55. The summed E-state index contributed by atoms with van der Waals surface area (Å²) in [6, 6.07) is 13.9. The van der Waals surface area contributed by atoms with Crippen LogP contribution in [0.1, 0.15) is 5.56 Å². The van der Waals surface area contributed by atoms with Crippen LogP contribution in [0.15, 0.2) is 57.6 Å². The van der Waals surface area contributed by atoms with E-state index in [1.807, 2.05) is 42.5 Å². The zero-order chi connectivity index (χ0) is 11.9. The van der Waals surface area contributed by atoms with Gasteiger partial charge in [-0.25, -0.2) is 0 Å². The molecule has 0 N–H and O–H groups in total. The lowest BCUT2D eigenvalue weighted by Crippen LogP contribution is -1.93. The van der Waals surface area contributed by atoms with Crippen molar-refractivity contribution in [2.24, 2.45) is 0 Å². The molecule has 0 unspecified atom stereocenters. The molecule has 1 aromatic carbocycles. The molecule has 0 amide bonds. The molecular formula is C15H10O3. The van der Waals surface area contributed by atoms with E-state index in [4.69, 9.17) is 13.6 Å². The predicted octanol–water partition coefficient (Wildman–Crippen LogP) is 4.20. The van der Waals surface area contributed by atoms with Crippen LogP contribution in [-0.4, -0.2) is 0 Å². The molecule has 18 heavy (non-hydrogen) atoms. The van der Waals surface area contributed by atoms with Crippen LogP contribution >= 0.6 is 0 Å². The highest BCUT2D eigenvalue weighted by Gasteiger charge is 2.18. The summed E-state index contributed by atoms with van der Waals surface area (Å²) in [5, 5.41) is 1.92. The zero-order valence-electron chi connectivity index (χ0n) is 9.55. The smallest absolute Gasteiger partial charge is 0.296 e. The monoisotopic (exact) mass is 238 g/mol. The van der Waals surface area contributed by atoms with E-state index in [9.17, 15) is 0 Å². The van der Waals surface area contributed by atoms with Crippen molar-refractivity contribution in [2.75, 3.05) is 0 Å². The molecule has 3 heteroatoms. The Balaban J connectivity index is 1.67. The minimum absolute atomic E-state index is 0.493. The van der Waals surface area contributed by atoms with E-state index in [0.717, 1.165) is 27.5 Å². The molecule has 3 nitrogen and oxygen atoms in total. The number of furan rings is 3. The fourth-order valence-electron chi connectivity index (χ4n) is 2.20. The fourth-order valence-corrected chi connectivity index (χ4v) is 2.20. The van der Waals surface area contributed by atoms with Crippen LogP contribution in [0.4, 0.5) is 0 Å². The van der Waals surface area contributed by atoms with Gasteiger partial charge in [-0.15, -0.1) is 0 Å². The maximum atomic E-state index is 5.71. The normalized spacial score (nSPS) is 11.6. The number of hydrogen-bond donors (Lipinski definition) is 0. The molecule has 0 fully saturated rings. The highest BCUT2D eigenvalue weighted by atomic mass is 16.6. The number of fused-ring (bicyclic) bond motifs is 5. The molecule has 0 aliphatic rings. The van der Waals surface area contributed by atoms with Gasteiger partial charge in [0, 0.05) is 0 Å². The van der Waals surface area contributed by atoms with Crippen molar-refractivity contribution >= 4 is 21.9 Å². The van der Waals surface area contributed by atoms with E-state index in [2.05, 4.69) is 0 Å². The molecule has 4 rings (SSSR count). The highest BCUT2D eigenvalue weighted by molar-refractivity contribution is 6.09. The molecule has 0 aliphatic carbocycles. The van der Waals surface area contributed by atoms with Crippen LogP contribution in [0.3, 0.4) is 0 Å². The van der Waals surface area contributed by atoms with Crippen LogP contribution in [0.25, 0.3) is 21.9 Å². The first kappa shape index (κ1) is 9.59. The molecule has 4 aromatic rings. The van der Waals surface area contributed by atoms with Gasteiger partial charge in [-0.05, 0) is 17.7 Å². The standard InChI is InChI=1S/C15H10O3/c1-2-4-10(5-3-1)8-16-15-14-11(9-17-15)12-6-7-13(14)18-12/h1-7,9H,8H2. The molecule has 0 atom stereocenters. The Morgan fingerprint density at radius 2 is 1.78 bits per heavy atom. The van der Waals surface area contributed by atoms with Gasteiger partial charge < -0.3 is 13.6 Å². The maximum Gasteiger partial charge on any atom is 0.296 e. The number of benzene rings is 2. The van der Waals surface area contributed by atoms with E-state index in [1.165, 1.54) is 0 Å². The van der Waals surface area contributed by atoms with Gasteiger partial charge in [-0.1, -0.05) is 30.3 Å². The minimum Gasteiger partial charge on any atom is -0.460 e. The number of ether oxygens (including phenoxy) is 1. The Morgan fingerprint density at radius 1 is 0.944 bits per heavy atom. The Kier molecular flexibility index (Phi) is 1.88. The number of hydrogen-bond acceptors (Lipinski definition) is 3. The molecule has 88 valence electrons. The molecule has 3 heterocycles.